The van der Waals surface area contributed by atoms with Gasteiger partial charge in [-0.2, -0.15) is 0 Å². The van der Waals surface area contributed by atoms with Crippen molar-refractivity contribution in [3.8, 4) is 5.75 Å². The monoisotopic (exact) mass is 320 g/mol. The number of rotatable bonds is 3. The van der Waals surface area contributed by atoms with Gasteiger partial charge < -0.3 is 28.8 Å². The second kappa shape index (κ2) is 5.94. The Hall–Kier alpha value is -2.51. The minimum atomic E-state index is -1.33. The molecule has 122 valence electrons. The molecular weight excluding hydrogens is 304 g/mol. The lowest BCUT2D eigenvalue weighted by Gasteiger charge is -2.33. The van der Waals surface area contributed by atoms with Crippen LogP contribution in [0.2, 0.25) is 0 Å². The van der Waals surface area contributed by atoms with E-state index in [0.29, 0.717) is 17.1 Å². The molecule has 7 nitrogen and oxygen atoms in total. The largest absolute Gasteiger partial charge is 0.495 e. The number of hydrogen-bond donors (Lipinski definition) is 2. The third-order valence-electron chi connectivity index (χ3n) is 3.58. The first-order valence-electron chi connectivity index (χ1n) is 6.97. The number of aliphatic hydroxyl groups excluding tert-OH is 2. The van der Waals surface area contributed by atoms with Crippen LogP contribution in [0.25, 0.3) is 11.0 Å². The lowest BCUT2D eigenvalue weighted by Crippen LogP contribution is -2.47. The second-order valence-corrected chi connectivity index (χ2v) is 5.12. The summed E-state index contributed by atoms with van der Waals surface area (Å²) in [7, 11) is 1.38. The van der Waals surface area contributed by atoms with Gasteiger partial charge in [-0.3, -0.25) is 0 Å². The molecule has 0 fully saturated rings. The summed E-state index contributed by atoms with van der Waals surface area (Å²) in [4.78, 5) is 11.3. The van der Waals surface area contributed by atoms with Gasteiger partial charge in [0.2, 0.25) is 0 Å². The van der Waals surface area contributed by atoms with E-state index in [4.69, 9.17) is 18.6 Å². The zero-order valence-electron chi connectivity index (χ0n) is 12.6. The van der Waals surface area contributed by atoms with Crippen molar-refractivity contribution in [3.05, 3.63) is 52.3 Å². The average molecular weight is 320 g/mol. The van der Waals surface area contributed by atoms with Crippen molar-refractivity contribution in [1.29, 1.82) is 0 Å². The molecule has 0 saturated heterocycles. The summed E-state index contributed by atoms with van der Waals surface area (Å²) in [5, 5.41) is 20.8. The number of allylic oxidation sites excluding steroid dienone is 1. The summed E-state index contributed by atoms with van der Waals surface area (Å²) in [6, 6.07) is 7.84. The standard InChI is InChI=1S/C16H16O7/c1-8-15(20-2)13(18)14(19)16(21-8)22-10-5-3-9-4-6-12(17)23-11(9)7-10/h3-7,13-14,16,18-19H,1-2H3. The Morgan fingerprint density at radius 1 is 1.17 bits per heavy atom. The first kappa shape index (κ1) is 15.4. The Labute approximate surface area is 131 Å². The fourth-order valence-electron chi connectivity index (χ4n) is 2.42. The second-order valence-electron chi connectivity index (χ2n) is 5.12. The molecule has 3 atom stereocenters. The molecule has 1 aliphatic heterocycles. The number of fused-ring (bicyclic) bond motifs is 1. The minimum absolute atomic E-state index is 0.154. The van der Waals surface area contributed by atoms with Crippen LogP contribution in [0, 0.1) is 0 Å². The molecule has 1 aromatic heterocycles. The number of benzene rings is 1. The third-order valence-corrected chi connectivity index (χ3v) is 3.58. The lowest BCUT2D eigenvalue weighted by molar-refractivity contribution is -0.175. The number of methoxy groups -OCH3 is 1. The molecule has 0 aliphatic carbocycles. The van der Waals surface area contributed by atoms with Gasteiger partial charge >= 0.3 is 5.63 Å². The predicted molar refractivity (Wildman–Crippen MR) is 79.7 cm³/mol. The minimum Gasteiger partial charge on any atom is -0.495 e. The quantitative estimate of drug-likeness (QED) is 0.818. The fraction of sp³-hybridized carbons (Fsp3) is 0.312. The molecule has 0 radical (unpaired) electrons. The topological polar surface area (TPSA) is 98.4 Å². The van der Waals surface area contributed by atoms with Crippen LogP contribution in [0.1, 0.15) is 6.92 Å². The van der Waals surface area contributed by atoms with Crippen molar-refractivity contribution in [2.45, 2.75) is 25.4 Å². The van der Waals surface area contributed by atoms with Gasteiger partial charge in [-0.1, -0.05) is 0 Å². The summed E-state index contributed by atoms with van der Waals surface area (Å²) >= 11 is 0. The summed E-state index contributed by atoms with van der Waals surface area (Å²) in [6.07, 6.45) is -3.69. The van der Waals surface area contributed by atoms with Gasteiger partial charge in [-0.05, 0) is 25.1 Å². The van der Waals surface area contributed by atoms with Gasteiger partial charge in [0.1, 0.15) is 23.2 Å². The molecular formula is C16H16O7. The smallest absolute Gasteiger partial charge is 0.336 e. The zero-order chi connectivity index (χ0) is 16.6. The van der Waals surface area contributed by atoms with Crippen molar-refractivity contribution < 1.29 is 28.8 Å². The van der Waals surface area contributed by atoms with Crippen LogP contribution in [0.5, 0.6) is 5.75 Å². The Bertz CT molecular complexity index is 807. The van der Waals surface area contributed by atoms with Crippen molar-refractivity contribution in [3.63, 3.8) is 0 Å². The van der Waals surface area contributed by atoms with Crippen LogP contribution in [0.3, 0.4) is 0 Å². The van der Waals surface area contributed by atoms with Gasteiger partial charge in [0.25, 0.3) is 6.29 Å². The predicted octanol–water partition coefficient (Wildman–Crippen LogP) is 1.13. The van der Waals surface area contributed by atoms with Crippen LogP contribution >= 0.6 is 0 Å². The molecule has 3 rings (SSSR count). The maximum atomic E-state index is 11.3. The van der Waals surface area contributed by atoms with E-state index in [1.165, 1.54) is 19.2 Å². The average Bonchev–Trinajstić information content (AvgIpc) is 2.52. The van der Waals surface area contributed by atoms with Crippen molar-refractivity contribution in [1.82, 2.24) is 0 Å². The summed E-state index contributed by atoms with van der Waals surface area (Å²) < 4.78 is 21.1. The fourth-order valence-corrected chi connectivity index (χ4v) is 2.42. The molecule has 0 amide bonds. The molecule has 1 aromatic carbocycles. The highest BCUT2D eigenvalue weighted by Gasteiger charge is 2.39. The van der Waals surface area contributed by atoms with Crippen LogP contribution in [0.15, 0.2) is 51.1 Å². The Balaban J connectivity index is 1.87. The van der Waals surface area contributed by atoms with Crippen molar-refractivity contribution in [2.75, 3.05) is 7.11 Å². The van der Waals surface area contributed by atoms with Crippen molar-refractivity contribution >= 4 is 11.0 Å². The summed E-state index contributed by atoms with van der Waals surface area (Å²) in [5.41, 5.74) is -0.117. The summed E-state index contributed by atoms with van der Waals surface area (Å²) in [5.74, 6) is 0.807. The summed E-state index contributed by atoms with van der Waals surface area (Å²) in [6.45, 7) is 1.60. The van der Waals surface area contributed by atoms with Crippen LogP contribution in [0.4, 0.5) is 0 Å². The molecule has 3 unspecified atom stereocenters. The maximum Gasteiger partial charge on any atom is 0.336 e. The van der Waals surface area contributed by atoms with Gasteiger partial charge in [0.05, 0.1) is 7.11 Å². The molecule has 23 heavy (non-hydrogen) atoms. The number of aliphatic hydroxyl groups is 2. The highest BCUT2D eigenvalue weighted by atomic mass is 16.7. The number of ether oxygens (including phenoxy) is 3. The first-order valence-corrected chi connectivity index (χ1v) is 6.97. The molecule has 2 aromatic rings. The lowest BCUT2D eigenvalue weighted by atomic mass is 10.1. The molecule has 2 heterocycles. The van der Waals surface area contributed by atoms with Crippen LogP contribution < -0.4 is 10.4 Å². The molecule has 0 saturated carbocycles. The van der Waals surface area contributed by atoms with E-state index < -0.39 is 24.1 Å². The highest BCUT2D eigenvalue weighted by Crippen LogP contribution is 2.28. The molecule has 1 aliphatic rings. The molecule has 2 N–H and O–H groups in total. The van der Waals surface area contributed by atoms with Gasteiger partial charge in [-0.15, -0.1) is 0 Å². The van der Waals surface area contributed by atoms with Gasteiger partial charge in [0.15, 0.2) is 11.9 Å². The molecule has 7 heteroatoms. The Morgan fingerprint density at radius 2 is 1.91 bits per heavy atom. The van der Waals surface area contributed by atoms with Crippen LogP contribution in [-0.4, -0.2) is 35.8 Å². The SMILES string of the molecule is COC1=C(C)OC(Oc2ccc3ccc(=O)oc3c2)C(O)C1O. The van der Waals surface area contributed by atoms with Crippen molar-refractivity contribution in [2.24, 2.45) is 0 Å². The zero-order valence-corrected chi connectivity index (χ0v) is 12.6. The van der Waals surface area contributed by atoms with E-state index in [2.05, 4.69) is 0 Å². The normalized spacial score (nSPS) is 24.4. The molecule has 0 spiro atoms. The van der Waals surface area contributed by atoms with E-state index in [1.54, 1.807) is 25.1 Å². The molecule has 0 bridgehead atoms. The highest BCUT2D eigenvalue weighted by molar-refractivity contribution is 5.77. The van der Waals surface area contributed by atoms with E-state index >= 15 is 0 Å². The van der Waals surface area contributed by atoms with E-state index in [9.17, 15) is 15.0 Å². The van der Waals surface area contributed by atoms with E-state index in [1.807, 2.05) is 0 Å². The van der Waals surface area contributed by atoms with Gasteiger partial charge in [-0.25, -0.2) is 4.79 Å². The number of hydrogen-bond acceptors (Lipinski definition) is 7. The van der Waals surface area contributed by atoms with Gasteiger partial charge in [0, 0.05) is 17.5 Å². The van der Waals surface area contributed by atoms with E-state index in [-0.39, 0.29) is 5.76 Å². The Morgan fingerprint density at radius 3 is 2.65 bits per heavy atom. The Kier molecular flexibility index (Phi) is 3.97. The van der Waals surface area contributed by atoms with Crippen LogP contribution in [-0.2, 0) is 9.47 Å². The first-order chi connectivity index (χ1) is 11.0. The maximum absolute atomic E-state index is 11.3. The van der Waals surface area contributed by atoms with E-state index in [0.717, 1.165) is 5.39 Å². The third kappa shape index (κ3) is 2.88.